The van der Waals surface area contributed by atoms with E-state index in [1.807, 2.05) is 12.1 Å². The van der Waals surface area contributed by atoms with Crippen molar-refractivity contribution in [1.82, 2.24) is 4.90 Å². The molecule has 5 atom stereocenters. The van der Waals surface area contributed by atoms with Crippen LogP contribution in [0.15, 0.2) is 36.4 Å². The van der Waals surface area contributed by atoms with Gasteiger partial charge in [0.05, 0.1) is 11.5 Å². The van der Waals surface area contributed by atoms with Crippen molar-refractivity contribution in [2.45, 2.75) is 44.2 Å². The molecule has 1 aliphatic heterocycles. The van der Waals surface area contributed by atoms with Gasteiger partial charge in [0.1, 0.15) is 5.75 Å². The minimum absolute atomic E-state index is 0.0103. The van der Waals surface area contributed by atoms with Gasteiger partial charge in [-0.05, 0) is 73.0 Å². The van der Waals surface area contributed by atoms with Gasteiger partial charge >= 0.3 is 0 Å². The molecule has 1 saturated heterocycles. The number of likely N-dealkylation sites (tertiary alicyclic amines) is 1. The van der Waals surface area contributed by atoms with Crippen molar-refractivity contribution in [1.29, 1.82) is 0 Å². The summed E-state index contributed by atoms with van der Waals surface area (Å²) in [5.74, 6) is -10.0. The first-order valence-corrected chi connectivity index (χ1v) is 13.4. The van der Waals surface area contributed by atoms with Crippen molar-refractivity contribution in [3.05, 3.63) is 53.1 Å². The van der Waals surface area contributed by atoms with E-state index >= 15 is 0 Å². The molecule has 0 spiro atoms. The van der Waals surface area contributed by atoms with Crippen molar-refractivity contribution in [2.75, 3.05) is 13.1 Å². The van der Waals surface area contributed by atoms with Gasteiger partial charge in [0, 0.05) is 18.9 Å². The van der Waals surface area contributed by atoms with Gasteiger partial charge in [0.2, 0.25) is 5.91 Å². The molecule has 4 N–H and O–H groups in total. The number of carbonyl (C=O) groups excluding carboxylic acids is 5. The summed E-state index contributed by atoms with van der Waals surface area (Å²) < 4.78 is 0. The van der Waals surface area contributed by atoms with E-state index in [2.05, 4.69) is 17.0 Å². The number of hydrogen-bond donors (Lipinski definition) is 3. The standard InChI is InChI=1S/C30H30N2O7/c31-29(38)25-22(34)13-18-11-17-12-20-19(16-5-3-15(4-6-16)14-32-9-1-2-10-32)7-8-21(33)24(20)26(35)23(17)27(36)30(18,39)28(25)37/h3-8,17-18,23,25,33,39H,1-2,9-14H2,(H2,31,38)/t17-,18+,23?,25?,30+/m1/s1. The van der Waals surface area contributed by atoms with Crippen LogP contribution in [0.1, 0.15) is 47.2 Å². The summed E-state index contributed by atoms with van der Waals surface area (Å²) in [6.07, 6.45) is 2.40. The molecule has 39 heavy (non-hydrogen) atoms. The molecule has 3 aliphatic carbocycles. The quantitative estimate of drug-likeness (QED) is 0.504. The van der Waals surface area contributed by atoms with E-state index in [-0.39, 0.29) is 30.6 Å². The van der Waals surface area contributed by atoms with Crippen LogP contribution in [0.25, 0.3) is 11.1 Å². The zero-order valence-corrected chi connectivity index (χ0v) is 21.4. The summed E-state index contributed by atoms with van der Waals surface area (Å²) in [6, 6.07) is 11.3. The monoisotopic (exact) mass is 530 g/mol. The number of amides is 1. The third kappa shape index (κ3) is 3.86. The maximum Gasteiger partial charge on any atom is 0.235 e. The Labute approximate surface area is 225 Å². The SMILES string of the molecule is NC(=O)C1C(=O)C[C@@H]2C[C@@H]3Cc4c(-c5ccc(CN6CCCC6)cc5)ccc(O)c4C(=O)C3C(=O)[C@]2(O)C1=O. The average Bonchev–Trinajstić information content (AvgIpc) is 3.40. The molecule has 0 radical (unpaired) electrons. The normalized spacial score (nSPS) is 30.6. The second-order valence-corrected chi connectivity index (χ2v) is 11.4. The van der Waals surface area contributed by atoms with Crippen molar-refractivity contribution >= 4 is 29.0 Å². The summed E-state index contributed by atoms with van der Waals surface area (Å²) in [7, 11) is 0. The van der Waals surface area contributed by atoms with Crippen LogP contribution in [0.5, 0.6) is 5.75 Å². The van der Waals surface area contributed by atoms with Crippen molar-refractivity contribution in [3.8, 4) is 16.9 Å². The molecule has 6 rings (SSSR count). The second kappa shape index (κ2) is 9.20. The number of carbonyl (C=O) groups is 5. The zero-order chi connectivity index (χ0) is 27.6. The van der Waals surface area contributed by atoms with E-state index in [0.29, 0.717) is 5.56 Å². The number of Topliss-reactive ketones (excluding diaryl/α,β-unsaturated/α-hetero) is 4. The van der Waals surface area contributed by atoms with Crippen LogP contribution < -0.4 is 5.73 Å². The third-order valence-electron chi connectivity index (χ3n) is 9.16. The van der Waals surface area contributed by atoms with E-state index in [9.17, 15) is 34.2 Å². The summed E-state index contributed by atoms with van der Waals surface area (Å²) in [5, 5.41) is 22.0. The fraction of sp³-hybridized carbons (Fsp3) is 0.433. The van der Waals surface area contributed by atoms with Gasteiger partial charge in [-0.3, -0.25) is 28.9 Å². The topological polar surface area (TPSA) is 155 Å². The summed E-state index contributed by atoms with van der Waals surface area (Å²) in [6.45, 7) is 3.05. The number of nitrogens with zero attached hydrogens (tertiary/aromatic N) is 1. The van der Waals surface area contributed by atoms with E-state index < -0.39 is 58.3 Å². The van der Waals surface area contributed by atoms with Crippen LogP contribution in [-0.2, 0) is 32.1 Å². The number of hydrogen-bond acceptors (Lipinski definition) is 8. The Kier molecular flexibility index (Phi) is 6.04. The summed E-state index contributed by atoms with van der Waals surface area (Å²) in [5.41, 5.74) is 6.03. The lowest BCUT2D eigenvalue weighted by Gasteiger charge is -2.48. The predicted octanol–water partition coefficient (Wildman–Crippen LogP) is 1.59. The maximum atomic E-state index is 13.7. The van der Waals surface area contributed by atoms with Gasteiger partial charge in [-0.2, -0.15) is 0 Å². The average molecular weight is 531 g/mol. The Balaban J connectivity index is 1.35. The van der Waals surface area contributed by atoms with Crippen LogP contribution in [0.4, 0.5) is 0 Å². The lowest BCUT2D eigenvalue weighted by Crippen LogP contribution is -2.68. The molecule has 202 valence electrons. The maximum absolute atomic E-state index is 13.7. The second-order valence-electron chi connectivity index (χ2n) is 11.4. The van der Waals surface area contributed by atoms with Gasteiger partial charge in [-0.1, -0.05) is 30.3 Å². The number of nitrogens with two attached hydrogens (primary N) is 1. The molecular formula is C30H30N2O7. The van der Waals surface area contributed by atoms with Gasteiger partial charge in [0.15, 0.2) is 34.7 Å². The van der Waals surface area contributed by atoms with Gasteiger partial charge < -0.3 is 15.9 Å². The Morgan fingerprint density at radius 1 is 0.974 bits per heavy atom. The number of ketones is 4. The van der Waals surface area contributed by atoms with Crippen LogP contribution in [-0.4, -0.2) is 62.8 Å². The van der Waals surface area contributed by atoms with Gasteiger partial charge in [-0.25, -0.2) is 0 Å². The fourth-order valence-electron chi connectivity index (χ4n) is 7.23. The lowest BCUT2D eigenvalue weighted by molar-refractivity contribution is -0.175. The van der Waals surface area contributed by atoms with Gasteiger partial charge in [-0.15, -0.1) is 0 Å². The molecule has 2 aromatic carbocycles. The number of phenolic OH excluding ortho intramolecular Hbond substituents is 1. The van der Waals surface area contributed by atoms with Crippen LogP contribution >= 0.6 is 0 Å². The predicted molar refractivity (Wildman–Crippen MR) is 138 cm³/mol. The highest BCUT2D eigenvalue weighted by atomic mass is 16.3. The number of fused-ring (bicyclic) bond motifs is 3. The van der Waals surface area contributed by atoms with Crippen LogP contribution in [0.3, 0.4) is 0 Å². The number of aliphatic hydroxyl groups is 1. The molecule has 0 bridgehead atoms. The molecular weight excluding hydrogens is 500 g/mol. The molecule has 2 aromatic rings. The number of benzene rings is 2. The van der Waals surface area contributed by atoms with E-state index in [1.165, 1.54) is 24.5 Å². The largest absolute Gasteiger partial charge is 0.507 e. The molecule has 9 nitrogen and oxygen atoms in total. The highest BCUT2D eigenvalue weighted by Gasteiger charge is 2.66. The minimum atomic E-state index is -2.64. The van der Waals surface area contributed by atoms with E-state index in [0.717, 1.165) is 30.8 Å². The van der Waals surface area contributed by atoms with Gasteiger partial charge in [0.25, 0.3) is 0 Å². The van der Waals surface area contributed by atoms with Crippen molar-refractivity contribution < 1.29 is 34.2 Å². The first kappa shape index (κ1) is 25.6. The lowest BCUT2D eigenvalue weighted by atomic mass is 9.53. The number of primary amides is 1. The molecule has 2 unspecified atom stereocenters. The van der Waals surface area contributed by atoms with Crippen LogP contribution in [0.2, 0.25) is 0 Å². The van der Waals surface area contributed by atoms with Crippen molar-refractivity contribution in [2.24, 2.45) is 29.4 Å². The third-order valence-corrected chi connectivity index (χ3v) is 9.16. The van der Waals surface area contributed by atoms with Crippen LogP contribution in [0, 0.1) is 23.7 Å². The smallest absolute Gasteiger partial charge is 0.235 e. The fourth-order valence-corrected chi connectivity index (χ4v) is 7.23. The molecule has 1 heterocycles. The highest BCUT2D eigenvalue weighted by Crippen LogP contribution is 2.51. The Morgan fingerprint density at radius 2 is 1.67 bits per heavy atom. The van der Waals surface area contributed by atoms with E-state index in [1.54, 1.807) is 6.07 Å². The molecule has 0 aromatic heterocycles. The van der Waals surface area contributed by atoms with Crippen molar-refractivity contribution in [3.63, 3.8) is 0 Å². The first-order chi connectivity index (χ1) is 18.6. The summed E-state index contributed by atoms with van der Waals surface area (Å²) >= 11 is 0. The molecule has 4 aliphatic rings. The Bertz CT molecular complexity index is 1430. The van der Waals surface area contributed by atoms with E-state index in [4.69, 9.17) is 5.73 Å². The minimum Gasteiger partial charge on any atom is -0.507 e. The first-order valence-electron chi connectivity index (χ1n) is 13.4. The molecule has 9 heteroatoms. The molecule has 1 amide bonds. The molecule has 2 saturated carbocycles. The Morgan fingerprint density at radius 3 is 2.33 bits per heavy atom. The highest BCUT2D eigenvalue weighted by molar-refractivity contribution is 6.31. The Hall–Kier alpha value is -3.69. The molecule has 3 fully saturated rings. The number of rotatable bonds is 4. The number of phenols is 1. The summed E-state index contributed by atoms with van der Waals surface area (Å²) in [4.78, 5) is 67.2. The zero-order valence-electron chi connectivity index (χ0n) is 21.4. The number of aromatic hydroxyl groups is 1.